The van der Waals surface area contributed by atoms with Gasteiger partial charge in [-0.15, -0.1) is 0 Å². The molecule has 2 aliphatic rings. The first kappa shape index (κ1) is 18.2. The van der Waals surface area contributed by atoms with E-state index in [-0.39, 0.29) is 30.8 Å². The number of ether oxygens (including phenoxy) is 1. The number of rotatable bonds is 5. The van der Waals surface area contributed by atoms with Gasteiger partial charge in [0.2, 0.25) is 5.91 Å². The highest BCUT2D eigenvalue weighted by Crippen LogP contribution is 2.18. The number of aliphatic hydroxyl groups excluding tert-OH is 1. The predicted octanol–water partition coefficient (Wildman–Crippen LogP) is 0.0780. The summed E-state index contributed by atoms with van der Waals surface area (Å²) in [7, 11) is 0. The number of likely N-dealkylation sites (tertiary alicyclic amines) is 1. The average Bonchev–Trinajstić information content (AvgIpc) is 3.05. The minimum Gasteiger partial charge on any atom is -0.448 e. The van der Waals surface area contributed by atoms with E-state index in [0.29, 0.717) is 38.2 Å². The SMILES string of the molecule is O=C(NC[C@@H]1CCN(C(=O)CN2CCOC2=O)C[C@H]1O)c1ccccc1. The number of aliphatic hydroxyl groups is 1. The molecular weight excluding hydrogens is 338 g/mol. The summed E-state index contributed by atoms with van der Waals surface area (Å²) >= 11 is 0. The van der Waals surface area contributed by atoms with Crippen LogP contribution in [0.5, 0.6) is 0 Å². The van der Waals surface area contributed by atoms with Crippen LogP contribution in [0, 0.1) is 5.92 Å². The summed E-state index contributed by atoms with van der Waals surface area (Å²) in [5, 5.41) is 13.2. The van der Waals surface area contributed by atoms with E-state index in [9.17, 15) is 19.5 Å². The molecule has 2 N–H and O–H groups in total. The van der Waals surface area contributed by atoms with E-state index in [1.54, 1.807) is 29.2 Å². The van der Waals surface area contributed by atoms with Crippen LogP contribution in [0.25, 0.3) is 0 Å². The zero-order valence-corrected chi connectivity index (χ0v) is 14.5. The number of β-amino-alcohol motifs (C(OH)–C–C–N with tert-alkyl or cyclic N) is 1. The fraction of sp³-hybridized carbons (Fsp3) is 0.500. The van der Waals surface area contributed by atoms with Crippen molar-refractivity contribution in [3.8, 4) is 0 Å². The van der Waals surface area contributed by atoms with Crippen LogP contribution >= 0.6 is 0 Å². The van der Waals surface area contributed by atoms with Crippen molar-refractivity contribution in [3.63, 3.8) is 0 Å². The minimum absolute atomic E-state index is 0.0268. The lowest BCUT2D eigenvalue weighted by atomic mass is 9.93. The molecule has 0 unspecified atom stereocenters. The molecule has 8 nitrogen and oxygen atoms in total. The summed E-state index contributed by atoms with van der Waals surface area (Å²) in [4.78, 5) is 38.7. The van der Waals surface area contributed by atoms with E-state index < -0.39 is 12.2 Å². The van der Waals surface area contributed by atoms with E-state index in [1.807, 2.05) is 6.07 Å². The van der Waals surface area contributed by atoms with Gasteiger partial charge >= 0.3 is 6.09 Å². The molecule has 2 atom stereocenters. The van der Waals surface area contributed by atoms with Gasteiger partial charge in [-0.2, -0.15) is 0 Å². The smallest absolute Gasteiger partial charge is 0.410 e. The molecular formula is C18H23N3O5. The number of nitrogens with one attached hydrogen (secondary N) is 1. The number of hydrogen-bond donors (Lipinski definition) is 2. The second-order valence-electron chi connectivity index (χ2n) is 6.57. The molecule has 0 radical (unpaired) electrons. The Labute approximate surface area is 151 Å². The Hall–Kier alpha value is -2.61. The van der Waals surface area contributed by atoms with Crippen LogP contribution in [0.2, 0.25) is 0 Å². The number of cyclic esters (lactones) is 1. The van der Waals surface area contributed by atoms with Gasteiger partial charge in [-0.25, -0.2) is 4.79 Å². The lowest BCUT2D eigenvalue weighted by Gasteiger charge is -2.36. The number of nitrogens with zero attached hydrogens (tertiary/aromatic N) is 2. The van der Waals surface area contributed by atoms with Crippen molar-refractivity contribution in [2.24, 2.45) is 5.92 Å². The van der Waals surface area contributed by atoms with Crippen molar-refractivity contribution in [2.45, 2.75) is 12.5 Å². The average molecular weight is 361 g/mol. The van der Waals surface area contributed by atoms with Gasteiger partial charge in [0, 0.05) is 31.1 Å². The van der Waals surface area contributed by atoms with Crippen molar-refractivity contribution in [1.82, 2.24) is 15.1 Å². The lowest BCUT2D eigenvalue weighted by molar-refractivity contribution is -0.136. The van der Waals surface area contributed by atoms with Crippen molar-refractivity contribution >= 4 is 17.9 Å². The van der Waals surface area contributed by atoms with Gasteiger partial charge in [0.1, 0.15) is 13.2 Å². The monoisotopic (exact) mass is 361 g/mol. The normalized spacial score (nSPS) is 22.9. The topological polar surface area (TPSA) is 99.2 Å². The van der Waals surface area contributed by atoms with Crippen LogP contribution in [0.1, 0.15) is 16.8 Å². The number of benzene rings is 1. The number of carbonyl (C=O) groups excluding carboxylic acids is 3. The largest absolute Gasteiger partial charge is 0.448 e. The Morgan fingerprint density at radius 1 is 1.23 bits per heavy atom. The molecule has 0 spiro atoms. The highest BCUT2D eigenvalue weighted by atomic mass is 16.6. The third-order valence-corrected chi connectivity index (χ3v) is 4.81. The Kier molecular flexibility index (Phi) is 5.72. The fourth-order valence-electron chi connectivity index (χ4n) is 3.19. The standard InChI is InChI=1S/C18H23N3O5/c22-15-11-20(16(23)12-21-8-9-26-18(21)25)7-6-14(15)10-19-17(24)13-4-2-1-3-5-13/h1-5,14-15,22H,6-12H2,(H,19,24)/t14-,15+/m0/s1. The van der Waals surface area contributed by atoms with E-state index in [2.05, 4.69) is 5.32 Å². The molecule has 1 aromatic rings. The summed E-state index contributed by atoms with van der Waals surface area (Å²) < 4.78 is 4.81. The molecule has 26 heavy (non-hydrogen) atoms. The Morgan fingerprint density at radius 2 is 2.00 bits per heavy atom. The summed E-state index contributed by atoms with van der Waals surface area (Å²) in [5.74, 6) is -0.484. The van der Waals surface area contributed by atoms with Crippen molar-refractivity contribution in [1.29, 1.82) is 0 Å². The van der Waals surface area contributed by atoms with Gasteiger partial charge in [-0.3, -0.25) is 14.5 Å². The van der Waals surface area contributed by atoms with Gasteiger partial charge in [0.15, 0.2) is 0 Å². The molecule has 1 aromatic carbocycles. The summed E-state index contributed by atoms with van der Waals surface area (Å²) in [5.41, 5.74) is 0.576. The maximum absolute atomic E-state index is 12.3. The van der Waals surface area contributed by atoms with Gasteiger partial charge in [0.05, 0.1) is 12.6 Å². The molecule has 2 aliphatic heterocycles. The molecule has 2 heterocycles. The molecule has 0 aromatic heterocycles. The molecule has 8 heteroatoms. The van der Waals surface area contributed by atoms with E-state index in [4.69, 9.17) is 4.74 Å². The van der Waals surface area contributed by atoms with Gasteiger partial charge in [-0.1, -0.05) is 18.2 Å². The quantitative estimate of drug-likeness (QED) is 0.774. The first-order valence-corrected chi connectivity index (χ1v) is 8.75. The summed E-state index contributed by atoms with van der Waals surface area (Å²) in [6, 6.07) is 8.90. The maximum atomic E-state index is 12.3. The molecule has 0 aliphatic carbocycles. The van der Waals surface area contributed by atoms with Gasteiger partial charge < -0.3 is 20.1 Å². The van der Waals surface area contributed by atoms with Crippen LogP contribution in [0.3, 0.4) is 0 Å². The molecule has 140 valence electrons. The van der Waals surface area contributed by atoms with E-state index >= 15 is 0 Å². The lowest BCUT2D eigenvalue weighted by Crippen LogP contribution is -2.51. The number of carbonyl (C=O) groups is 3. The zero-order valence-electron chi connectivity index (χ0n) is 14.5. The Bertz CT molecular complexity index is 666. The van der Waals surface area contributed by atoms with Gasteiger partial charge in [-0.05, 0) is 18.6 Å². The summed E-state index contributed by atoms with van der Waals surface area (Å²) in [6.07, 6.45) is -0.599. The van der Waals surface area contributed by atoms with Crippen molar-refractivity contribution < 1.29 is 24.2 Å². The van der Waals surface area contributed by atoms with Crippen LogP contribution in [0.4, 0.5) is 4.79 Å². The van der Waals surface area contributed by atoms with Crippen molar-refractivity contribution in [2.75, 3.05) is 39.3 Å². The fourth-order valence-corrected chi connectivity index (χ4v) is 3.19. The van der Waals surface area contributed by atoms with Crippen LogP contribution in [-0.2, 0) is 9.53 Å². The third kappa shape index (κ3) is 4.32. The molecule has 2 fully saturated rings. The highest BCUT2D eigenvalue weighted by molar-refractivity contribution is 5.94. The Balaban J connectivity index is 1.45. The van der Waals surface area contributed by atoms with Crippen LogP contribution in [-0.4, -0.2) is 78.2 Å². The van der Waals surface area contributed by atoms with E-state index in [0.717, 1.165) is 0 Å². The first-order valence-electron chi connectivity index (χ1n) is 8.75. The second kappa shape index (κ2) is 8.18. The Morgan fingerprint density at radius 3 is 2.65 bits per heavy atom. The van der Waals surface area contributed by atoms with Gasteiger partial charge in [0.25, 0.3) is 5.91 Å². The summed E-state index contributed by atoms with van der Waals surface area (Å²) in [6.45, 7) is 1.74. The molecule has 0 bridgehead atoms. The molecule has 3 amide bonds. The highest BCUT2D eigenvalue weighted by Gasteiger charge is 2.32. The number of hydrogen-bond acceptors (Lipinski definition) is 5. The molecule has 0 saturated carbocycles. The first-order chi connectivity index (χ1) is 12.5. The van der Waals surface area contributed by atoms with Crippen LogP contribution < -0.4 is 5.32 Å². The van der Waals surface area contributed by atoms with Crippen molar-refractivity contribution in [3.05, 3.63) is 35.9 Å². The number of piperidine rings is 1. The molecule has 2 saturated heterocycles. The number of amides is 3. The second-order valence-corrected chi connectivity index (χ2v) is 6.57. The molecule has 3 rings (SSSR count). The third-order valence-electron chi connectivity index (χ3n) is 4.81. The zero-order chi connectivity index (χ0) is 18.5. The minimum atomic E-state index is -0.714. The van der Waals surface area contributed by atoms with Crippen LogP contribution in [0.15, 0.2) is 30.3 Å². The maximum Gasteiger partial charge on any atom is 0.410 e. The van der Waals surface area contributed by atoms with E-state index in [1.165, 1.54) is 4.90 Å². The predicted molar refractivity (Wildman–Crippen MR) is 92.4 cm³/mol.